The lowest BCUT2D eigenvalue weighted by atomic mass is 10.1. The van der Waals surface area contributed by atoms with Crippen LogP contribution in [0, 0.1) is 0 Å². The maximum absolute atomic E-state index is 12.5. The molecule has 1 aliphatic rings. The minimum absolute atomic E-state index is 0.0429. The molecule has 158 valence electrons. The SMILES string of the molecule is C[C@H](NC(=O)CSc1nnc(-c2cccs2)n1C1CC1)c1ccc(S(N)(=O)=O)cc1. The van der Waals surface area contributed by atoms with Crippen molar-refractivity contribution in [2.75, 3.05) is 5.75 Å². The van der Waals surface area contributed by atoms with E-state index in [9.17, 15) is 13.2 Å². The largest absolute Gasteiger partial charge is 0.349 e. The number of thioether (sulfide) groups is 1. The van der Waals surface area contributed by atoms with E-state index in [4.69, 9.17) is 5.14 Å². The van der Waals surface area contributed by atoms with Crippen LogP contribution in [0.3, 0.4) is 0 Å². The zero-order chi connectivity index (χ0) is 21.3. The fourth-order valence-corrected chi connectivity index (χ4v) is 5.09. The second kappa shape index (κ2) is 8.50. The number of nitrogens with one attached hydrogen (secondary N) is 1. The summed E-state index contributed by atoms with van der Waals surface area (Å²) < 4.78 is 24.9. The van der Waals surface area contributed by atoms with Gasteiger partial charge < -0.3 is 5.32 Å². The second-order valence-electron chi connectivity index (χ2n) is 7.08. The van der Waals surface area contributed by atoms with Gasteiger partial charge in [-0.05, 0) is 48.9 Å². The average molecular weight is 464 g/mol. The molecule has 0 aliphatic heterocycles. The highest BCUT2D eigenvalue weighted by Crippen LogP contribution is 2.41. The Labute approximate surface area is 182 Å². The summed E-state index contributed by atoms with van der Waals surface area (Å²) in [7, 11) is -3.73. The smallest absolute Gasteiger partial charge is 0.238 e. The summed E-state index contributed by atoms with van der Waals surface area (Å²) in [5.74, 6) is 0.944. The van der Waals surface area contributed by atoms with Gasteiger partial charge in [-0.1, -0.05) is 30.0 Å². The molecule has 1 atom stereocenters. The molecule has 1 aromatic carbocycles. The first kappa shape index (κ1) is 21.0. The van der Waals surface area contributed by atoms with Gasteiger partial charge in [0.05, 0.1) is 21.6 Å². The number of carbonyl (C=O) groups is 1. The molecule has 0 bridgehead atoms. The molecule has 0 saturated heterocycles. The first-order valence-electron chi connectivity index (χ1n) is 9.36. The highest BCUT2D eigenvalue weighted by molar-refractivity contribution is 7.99. The molecule has 3 aromatic rings. The second-order valence-corrected chi connectivity index (χ2v) is 10.5. The van der Waals surface area contributed by atoms with E-state index in [1.165, 1.54) is 23.9 Å². The number of sulfonamides is 1. The Hall–Kier alpha value is -2.21. The molecule has 3 N–H and O–H groups in total. The third-order valence-electron chi connectivity index (χ3n) is 4.74. The summed E-state index contributed by atoms with van der Waals surface area (Å²) in [4.78, 5) is 13.6. The number of thiophene rings is 1. The summed E-state index contributed by atoms with van der Waals surface area (Å²) >= 11 is 2.99. The quantitative estimate of drug-likeness (QED) is 0.496. The number of hydrogen-bond acceptors (Lipinski definition) is 7. The molecule has 1 fully saturated rings. The van der Waals surface area contributed by atoms with Gasteiger partial charge in [0.2, 0.25) is 15.9 Å². The van der Waals surface area contributed by atoms with Crippen LogP contribution in [0.15, 0.2) is 51.8 Å². The highest BCUT2D eigenvalue weighted by atomic mass is 32.2. The predicted octanol–water partition coefficient (Wildman–Crippen LogP) is 2.96. The number of carbonyl (C=O) groups excluding carboxylic acids is 1. The van der Waals surface area contributed by atoms with Crippen LogP contribution in [0.2, 0.25) is 0 Å². The molecule has 8 nitrogen and oxygen atoms in total. The van der Waals surface area contributed by atoms with Crippen LogP contribution in [0.4, 0.5) is 0 Å². The van der Waals surface area contributed by atoms with Gasteiger partial charge in [0.1, 0.15) is 0 Å². The number of benzene rings is 1. The summed E-state index contributed by atoms with van der Waals surface area (Å²) in [6.07, 6.45) is 2.20. The van der Waals surface area contributed by atoms with E-state index in [0.717, 1.165) is 34.3 Å². The number of nitrogens with zero attached hydrogens (tertiary/aromatic N) is 3. The summed E-state index contributed by atoms with van der Waals surface area (Å²) in [5, 5.41) is 19.5. The Morgan fingerprint density at radius 2 is 2.03 bits per heavy atom. The molecule has 1 aliphatic carbocycles. The fourth-order valence-electron chi connectivity index (χ4n) is 3.05. The lowest BCUT2D eigenvalue weighted by molar-refractivity contribution is -0.119. The summed E-state index contributed by atoms with van der Waals surface area (Å²) in [5.41, 5.74) is 0.793. The molecular formula is C19H21N5O3S3. The Bertz CT molecular complexity index is 1140. The van der Waals surface area contributed by atoms with Crippen molar-refractivity contribution in [1.29, 1.82) is 0 Å². The van der Waals surface area contributed by atoms with Crippen molar-refractivity contribution >= 4 is 39.0 Å². The van der Waals surface area contributed by atoms with Crippen LogP contribution in [-0.2, 0) is 14.8 Å². The Kier molecular flexibility index (Phi) is 5.96. The average Bonchev–Trinajstić information content (AvgIpc) is 3.23. The molecule has 4 rings (SSSR count). The lowest BCUT2D eigenvalue weighted by Crippen LogP contribution is -2.28. The van der Waals surface area contributed by atoms with Crippen molar-refractivity contribution in [3.8, 4) is 10.7 Å². The third-order valence-corrected chi connectivity index (χ3v) is 7.47. The van der Waals surface area contributed by atoms with E-state index in [1.807, 2.05) is 24.4 Å². The van der Waals surface area contributed by atoms with E-state index in [0.29, 0.717) is 6.04 Å². The number of amides is 1. The van der Waals surface area contributed by atoms with Crippen molar-refractivity contribution in [3.05, 3.63) is 47.3 Å². The van der Waals surface area contributed by atoms with Gasteiger partial charge in [0.25, 0.3) is 0 Å². The van der Waals surface area contributed by atoms with Crippen LogP contribution in [0.5, 0.6) is 0 Å². The predicted molar refractivity (Wildman–Crippen MR) is 117 cm³/mol. The number of aromatic nitrogens is 3. The van der Waals surface area contributed by atoms with E-state index in [2.05, 4.69) is 20.1 Å². The Balaban J connectivity index is 1.38. The number of hydrogen-bond donors (Lipinski definition) is 2. The van der Waals surface area contributed by atoms with E-state index in [-0.39, 0.29) is 22.6 Å². The topological polar surface area (TPSA) is 120 Å². The van der Waals surface area contributed by atoms with E-state index >= 15 is 0 Å². The number of primary sulfonamides is 1. The Morgan fingerprint density at radius 3 is 2.63 bits per heavy atom. The molecule has 30 heavy (non-hydrogen) atoms. The molecule has 0 unspecified atom stereocenters. The van der Waals surface area contributed by atoms with Crippen molar-refractivity contribution in [2.45, 2.75) is 41.9 Å². The zero-order valence-corrected chi connectivity index (χ0v) is 18.6. The molecule has 0 radical (unpaired) electrons. The van der Waals surface area contributed by atoms with Gasteiger partial charge in [-0.2, -0.15) is 0 Å². The minimum atomic E-state index is -3.73. The Morgan fingerprint density at radius 1 is 1.30 bits per heavy atom. The van der Waals surface area contributed by atoms with Gasteiger partial charge in [0, 0.05) is 6.04 Å². The molecule has 1 saturated carbocycles. The van der Waals surface area contributed by atoms with Crippen LogP contribution in [-0.4, -0.2) is 34.8 Å². The third kappa shape index (κ3) is 4.75. The van der Waals surface area contributed by atoms with E-state index < -0.39 is 10.0 Å². The summed E-state index contributed by atoms with van der Waals surface area (Å²) in [6.45, 7) is 1.84. The van der Waals surface area contributed by atoms with E-state index in [1.54, 1.807) is 23.5 Å². The molecule has 1 amide bonds. The highest BCUT2D eigenvalue weighted by Gasteiger charge is 2.30. The zero-order valence-electron chi connectivity index (χ0n) is 16.2. The van der Waals surface area contributed by atoms with Crippen LogP contribution in [0.1, 0.15) is 37.4 Å². The normalized spacial score (nSPS) is 15.1. The maximum Gasteiger partial charge on any atom is 0.238 e. The van der Waals surface area contributed by atoms with Gasteiger partial charge in [-0.3, -0.25) is 9.36 Å². The van der Waals surface area contributed by atoms with Crippen molar-refractivity contribution in [3.63, 3.8) is 0 Å². The molecular weight excluding hydrogens is 442 g/mol. The molecule has 2 heterocycles. The fraction of sp³-hybridized carbons (Fsp3) is 0.316. The van der Waals surface area contributed by atoms with Crippen molar-refractivity contribution in [1.82, 2.24) is 20.1 Å². The standard InChI is InChI=1S/C19H21N5O3S3/c1-12(13-4-8-15(9-5-13)30(20,26)27)21-17(25)11-29-19-23-22-18(16-3-2-10-28-16)24(19)14-6-7-14/h2-5,8-10,12,14H,6-7,11H2,1H3,(H,21,25)(H2,20,26,27)/t12-/m0/s1. The summed E-state index contributed by atoms with van der Waals surface area (Å²) in [6, 6.07) is 10.3. The molecule has 0 spiro atoms. The van der Waals surface area contributed by atoms with Gasteiger partial charge in [0.15, 0.2) is 11.0 Å². The first-order valence-corrected chi connectivity index (χ1v) is 12.8. The van der Waals surface area contributed by atoms with Gasteiger partial charge in [-0.15, -0.1) is 21.5 Å². The number of rotatable bonds is 8. The van der Waals surface area contributed by atoms with Gasteiger partial charge >= 0.3 is 0 Å². The number of nitrogens with two attached hydrogens (primary N) is 1. The van der Waals surface area contributed by atoms with Crippen LogP contribution < -0.4 is 10.5 Å². The maximum atomic E-state index is 12.5. The van der Waals surface area contributed by atoms with Crippen molar-refractivity contribution in [2.24, 2.45) is 5.14 Å². The van der Waals surface area contributed by atoms with Gasteiger partial charge in [-0.25, -0.2) is 13.6 Å². The first-order chi connectivity index (χ1) is 14.3. The minimum Gasteiger partial charge on any atom is -0.349 e. The monoisotopic (exact) mass is 463 g/mol. The van der Waals surface area contributed by atoms with Crippen LogP contribution in [0.25, 0.3) is 10.7 Å². The lowest BCUT2D eigenvalue weighted by Gasteiger charge is -2.15. The van der Waals surface area contributed by atoms with Crippen LogP contribution >= 0.6 is 23.1 Å². The molecule has 11 heteroatoms. The molecule has 2 aromatic heterocycles. The van der Waals surface area contributed by atoms with Crippen molar-refractivity contribution < 1.29 is 13.2 Å².